The molecule has 3 aromatic rings. The first kappa shape index (κ1) is 22.8. The van der Waals surface area contributed by atoms with E-state index in [-0.39, 0.29) is 12.2 Å². The summed E-state index contributed by atoms with van der Waals surface area (Å²) in [6.07, 6.45) is 1.43. The number of imide groups is 2. The molecule has 1 fully saturated rings. The Morgan fingerprint density at radius 3 is 2.32 bits per heavy atom. The number of urea groups is 1. The minimum Gasteiger partial charge on any atom is -0.490 e. The largest absolute Gasteiger partial charge is 0.490 e. The van der Waals surface area contributed by atoms with Gasteiger partial charge in [0, 0.05) is 5.56 Å². The molecular weight excluding hydrogens is 432 g/mol. The molecular formula is C27H24N2O5. The Balaban J connectivity index is 1.51. The van der Waals surface area contributed by atoms with E-state index in [9.17, 15) is 14.4 Å². The van der Waals surface area contributed by atoms with Crippen LogP contribution in [0.3, 0.4) is 0 Å². The predicted octanol–water partition coefficient (Wildman–Crippen LogP) is 4.43. The van der Waals surface area contributed by atoms with Gasteiger partial charge in [-0.05, 0) is 55.8 Å². The lowest BCUT2D eigenvalue weighted by molar-refractivity contribution is -0.122. The van der Waals surface area contributed by atoms with Crippen molar-refractivity contribution in [1.82, 2.24) is 5.32 Å². The van der Waals surface area contributed by atoms with E-state index in [2.05, 4.69) is 5.32 Å². The summed E-state index contributed by atoms with van der Waals surface area (Å²) >= 11 is 0. The summed E-state index contributed by atoms with van der Waals surface area (Å²) in [5, 5.41) is 2.24. The molecule has 4 amide bonds. The molecule has 7 heteroatoms. The zero-order chi connectivity index (χ0) is 24.1. The molecule has 0 aromatic heterocycles. The number of amides is 4. The molecule has 1 saturated heterocycles. The molecule has 0 bridgehead atoms. The van der Waals surface area contributed by atoms with E-state index < -0.39 is 17.8 Å². The van der Waals surface area contributed by atoms with Crippen LogP contribution < -0.4 is 19.7 Å². The number of carbonyl (C=O) groups is 3. The van der Waals surface area contributed by atoms with Crippen LogP contribution in [0.1, 0.15) is 16.7 Å². The van der Waals surface area contributed by atoms with Crippen molar-refractivity contribution in [2.45, 2.75) is 13.8 Å². The van der Waals surface area contributed by atoms with Gasteiger partial charge in [-0.25, -0.2) is 9.69 Å². The minimum absolute atomic E-state index is 0.159. The summed E-state index contributed by atoms with van der Waals surface area (Å²) in [6, 6.07) is 20.9. The summed E-state index contributed by atoms with van der Waals surface area (Å²) in [4.78, 5) is 39.0. The SMILES string of the molecule is Cc1ccc(OCCOc2ccccc2/C=C2\C(=O)NC(=O)N(c3cccc(C)c3)C2=O)cc1. The number of rotatable bonds is 7. The highest BCUT2D eigenvalue weighted by molar-refractivity contribution is 6.39. The second-order valence-corrected chi connectivity index (χ2v) is 7.84. The van der Waals surface area contributed by atoms with Crippen molar-refractivity contribution < 1.29 is 23.9 Å². The van der Waals surface area contributed by atoms with Gasteiger partial charge in [0.05, 0.1) is 5.69 Å². The Labute approximate surface area is 197 Å². The lowest BCUT2D eigenvalue weighted by Crippen LogP contribution is -2.54. The first-order valence-corrected chi connectivity index (χ1v) is 10.8. The quantitative estimate of drug-likeness (QED) is 0.323. The second kappa shape index (κ2) is 10.0. The van der Waals surface area contributed by atoms with Crippen LogP contribution in [0.4, 0.5) is 10.5 Å². The van der Waals surface area contributed by atoms with Gasteiger partial charge in [-0.3, -0.25) is 14.9 Å². The monoisotopic (exact) mass is 456 g/mol. The number of barbiturate groups is 1. The molecule has 1 aliphatic heterocycles. The number of benzene rings is 3. The summed E-state index contributed by atoms with van der Waals surface area (Å²) in [6.45, 7) is 4.45. The van der Waals surface area contributed by atoms with Crippen LogP contribution in [0.2, 0.25) is 0 Å². The molecule has 0 unspecified atom stereocenters. The first-order chi connectivity index (χ1) is 16.4. The average molecular weight is 456 g/mol. The minimum atomic E-state index is -0.782. The number of nitrogens with zero attached hydrogens (tertiary/aromatic N) is 1. The van der Waals surface area contributed by atoms with E-state index in [0.717, 1.165) is 21.8 Å². The summed E-state index contributed by atoms with van der Waals surface area (Å²) in [5.41, 5.74) is 2.79. The molecule has 1 N–H and O–H groups in total. The third-order valence-electron chi connectivity index (χ3n) is 5.21. The van der Waals surface area contributed by atoms with Crippen molar-refractivity contribution in [1.29, 1.82) is 0 Å². The lowest BCUT2D eigenvalue weighted by atomic mass is 10.1. The summed E-state index contributed by atoms with van der Waals surface area (Å²) < 4.78 is 11.5. The molecule has 1 heterocycles. The number of para-hydroxylation sites is 1. The molecule has 172 valence electrons. The van der Waals surface area contributed by atoms with Crippen LogP contribution in [-0.2, 0) is 9.59 Å². The number of carbonyl (C=O) groups excluding carboxylic acids is 3. The highest BCUT2D eigenvalue weighted by Gasteiger charge is 2.37. The van der Waals surface area contributed by atoms with Crippen molar-refractivity contribution in [3.63, 3.8) is 0 Å². The maximum Gasteiger partial charge on any atom is 0.335 e. The van der Waals surface area contributed by atoms with E-state index in [0.29, 0.717) is 23.6 Å². The van der Waals surface area contributed by atoms with E-state index in [1.54, 1.807) is 42.5 Å². The van der Waals surface area contributed by atoms with Crippen molar-refractivity contribution in [2.24, 2.45) is 0 Å². The van der Waals surface area contributed by atoms with Gasteiger partial charge >= 0.3 is 6.03 Å². The number of hydrogen-bond donors (Lipinski definition) is 1. The van der Waals surface area contributed by atoms with Crippen molar-refractivity contribution in [3.8, 4) is 11.5 Å². The zero-order valence-electron chi connectivity index (χ0n) is 18.9. The topological polar surface area (TPSA) is 84.9 Å². The molecule has 0 radical (unpaired) electrons. The van der Waals surface area contributed by atoms with Gasteiger partial charge in [0.15, 0.2) is 0 Å². The number of hydrogen-bond acceptors (Lipinski definition) is 5. The highest BCUT2D eigenvalue weighted by atomic mass is 16.5. The van der Waals surface area contributed by atoms with E-state index in [1.165, 1.54) is 6.08 Å². The predicted molar refractivity (Wildman–Crippen MR) is 129 cm³/mol. The van der Waals surface area contributed by atoms with Gasteiger partial charge in [0.1, 0.15) is 30.3 Å². The van der Waals surface area contributed by atoms with E-state index in [1.807, 2.05) is 44.2 Å². The van der Waals surface area contributed by atoms with Gasteiger partial charge in [-0.15, -0.1) is 0 Å². The molecule has 4 rings (SSSR count). The standard InChI is InChI=1S/C27H24N2O5/c1-18-10-12-22(13-11-18)33-14-15-34-24-9-4-3-7-20(24)17-23-25(30)28-27(32)29(26(23)31)21-8-5-6-19(2)16-21/h3-13,16-17H,14-15H2,1-2H3,(H,28,30,32)/b23-17+. The van der Waals surface area contributed by atoms with Gasteiger partial charge in [-0.1, -0.05) is 48.0 Å². The van der Waals surface area contributed by atoms with Crippen LogP contribution >= 0.6 is 0 Å². The number of ether oxygens (including phenoxy) is 2. The van der Waals surface area contributed by atoms with Crippen LogP contribution in [-0.4, -0.2) is 31.1 Å². The fourth-order valence-electron chi connectivity index (χ4n) is 3.49. The lowest BCUT2D eigenvalue weighted by Gasteiger charge is -2.26. The van der Waals surface area contributed by atoms with Gasteiger partial charge < -0.3 is 9.47 Å². The fourth-order valence-corrected chi connectivity index (χ4v) is 3.49. The van der Waals surface area contributed by atoms with Crippen LogP contribution in [0, 0.1) is 13.8 Å². The summed E-state index contributed by atoms with van der Waals surface area (Å²) in [5.74, 6) is -0.217. The van der Waals surface area contributed by atoms with E-state index in [4.69, 9.17) is 9.47 Å². The Hall–Kier alpha value is -4.39. The normalized spacial score (nSPS) is 14.8. The molecule has 7 nitrogen and oxygen atoms in total. The average Bonchev–Trinajstić information content (AvgIpc) is 2.81. The highest BCUT2D eigenvalue weighted by Crippen LogP contribution is 2.26. The molecule has 0 saturated carbocycles. The van der Waals surface area contributed by atoms with Crippen LogP contribution in [0.25, 0.3) is 6.08 Å². The molecule has 1 aliphatic rings. The Bertz CT molecular complexity index is 1260. The fraction of sp³-hybridized carbons (Fsp3) is 0.148. The Morgan fingerprint density at radius 1 is 0.824 bits per heavy atom. The maximum absolute atomic E-state index is 13.1. The second-order valence-electron chi connectivity index (χ2n) is 7.84. The zero-order valence-corrected chi connectivity index (χ0v) is 18.9. The van der Waals surface area contributed by atoms with Crippen molar-refractivity contribution in [2.75, 3.05) is 18.1 Å². The molecule has 34 heavy (non-hydrogen) atoms. The third kappa shape index (κ3) is 5.15. The molecule has 0 spiro atoms. The number of aryl methyl sites for hydroxylation is 2. The van der Waals surface area contributed by atoms with Gasteiger partial charge in [-0.2, -0.15) is 0 Å². The van der Waals surface area contributed by atoms with Crippen LogP contribution in [0.5, 0.6) is 11.5 Å². The smallest absolute Gasteiger partial charge is 0.335 e. The molecule has 3 aromatic carbocycles. The van der Waals surface area contributed by atoms with Crippen molar-refractivity contribution >= 4 is 29.6 Å². The summed E-state index contributed by atoms with van der Waals surface area (Å²) in [7, 11) is 0. The number of nitrogens with one attached hydrogen (secondary N) is 1. The first-order valence-electron chi connectivity index (χ1n) is 10.8. The van der Waals surface area contributed by atoms with Crippen molar-refractivity contribution in [3.05, 3.63) is 95.1 Å². The molecule has 0 aliphatic carbocycles. The number of anilines is 1. The van der Waals surface area contributed by atoms with E-state index >= 15 is 0 Å². The Morgan fingerprint density at radius 2 is 1.56 bits per heavy atom. The van der Waals surface area contributed by atoms with Gasteiger partial charge in [0.2, 0.25) is 0 Å². The van der Waals surface area contributed by atoms with Gasteiger partial charge in [0.25, 0.3) is 11.8 Å². The third-order valence-corrected chi connectivity index (χ3v) is 5.21. The van der Waals surface area contributed by atoms with Crippen LogP contribution in [0.15, 0.2) is 78.4 Å². The maximum atomic E-state index is 13.1. The molecule has 0 atom stereocenters. The Kier molecular flexibility index (Phi) is 6.73.